The molecule has 6 rings (SSSR count). The fraction of sp³-hybridized carbons (Fsp3) is 0.407. The summed E-state index contributed by atoms with van der Waals surface area (Å²) in [6.07, 6.45) is -0.883. The van der Waals surface area contributed by atoms with Gasteiger partial charge in [-0.25, -0.2) is 4.98 Å². The Morgan fingerprint density at radius 3 is 2.50 bits per heavy atom. The van der Waals surface area contributed by atoms with E-state index in [1.165, 1.54) is 4.57 Å². The van der Waals surface area contributed by atoms with Crippen LogP contribution in [0.25, 0.3) is 10.9 Å². The van der Waals surface area contributed by atoms with Gasteiger partial charge in [0.25, 0.3) is 5.56 Å². The number of fused-ring (bicyclic) bond motifs is 5. The lowest BCUT2D eigenvalue weighted by molar-refractivity contribution is -0.130. The first-order valence-corrected chi connectivity index (χ1v) is 12.3. The number of hydrogen-bond donors (Lipinski definition) is 3. The van der Waals surface area contributed by atoms with Crippen molar-refractivity contribution in [2.24, 2.45) is 5.92 Å². The first-order chi connectivity index (χ1) is 17.0. The maximum atomic E-state index is 13.8. The number of aliphatic hydroxyl groups is 1. The molecule has 1 saturated heterocycles. The van der Waals surface area contributed by atoms with Gasteiger partial charge in [-0.15, -0.1) is 0 Å². The average molecular weight is 488 g/mol. The number of nitrogens with one attached hydrogen (secondary N) is 2. The third-order valence-electron chi connectivity index (χ3n) is 7.79. The number of aromatic nitrogens is 2. The normalized spacial score (nSPS) is 28.3. The second-order valence-electron chi connectivity index (χ2n) is 10.9. The molecule has 0 radical (unpaired) electrons. The average Bonchev–Trinajstić information content (AvgIpc) is 3.23. The van der Waals surface area contributed by atoms with Crippen molar-refractivity contribution in [2.45, 2.75) is 63.5 Å². The molecule has 2 amide bonds. The van der Waals surface area contributed by atoms with Crippen LogP contribution in [-0.2, 0) is 15.2 Å². The quantitative estimate of drug-likeness (QED) is 0.521. The van der Waals surface area contributed by atoms with Crippen molar-refractivity contribution in [3.8, 4) is 0 Å². The molecule has 0 bridgehead atoms. The van der Waals surface area contributed by atoms with Gasteiger partial charge in [0.1, 0.15) is 23.6 Å². The summed E-state index contributed by atoms with van der Waals surface area (Å²) in [6, 6.07) is 12.8. The molecule has 0 spiro atoms. The van der Waals surface area contributed by atoms with Crippen molar-refractivity contribution in [3.63, 3.8) is 0 Å². The van der Waals surface area contributed by atoms with Gasteiger partial charge in [-0.2, -0.15) is 0 Å². The van der Waals surface area contributed by atoms with Gasteiger partial charge in [0.15, 0.2) is 0 Å². The third kappa shape index (κ3) is 2.96. The van der Waals surface area contributed by atoms with Gasteiger partial charge in [-0.3, -0.25) is 29.2 Å². The summed E-state index contributed by atoms with van der Waals surface area (Å²) in [5, 5.41) is 19.0. The molecule has 9 heteroatoms. The van der Waals surface area contributed by atoms with Gasteiger partial charge in [-0.1, -0.05) is 44.2 Å². The Morgan fingerprint density at radius 2 is 1.75 bits per heavy atom. The van der Waals surface area contributed by atoms with E-state index in [4.69, 9.17) is 4.98 Å². The van der Waals surface area contributed by atoms with Crippen LogP contribution in [0.4, 0.5) is 5.69 Å². The molecule has 3 aliphatic rings. The van der Waals surface area contributed by atoms with E-state index in [9.17, 15) is 19.5 Å². The van der Waals surface area contributed by atoms with Crippen LogP contribution in [0.2, 0.25) is 0 Å². The fourth-order valence-corrected chi connectivity index (χ4v) is 5.95. The predicted molar refractivity (Wildman–Crippen MR) is 134 cm³/mol. The number of anilines is 1. The molecule has 3 aliphatic heterocycles. The monoisotopic (exact) mass is 487 g/mol. The highest BCUT2D eigenvalue weighted by Crippen LogP contribution is 2.50. The van der Waals surface area contributed by atoms with E-state index in [0.717, 1.165) is 0 Å². The van der Waals surface area contributed by atoms with E-state index >= 15 is 0 Å². The van der Waals surface area contributed by atoms with Crippen molar-refractivity contribution in [1.29, 1.82) is 0 Å². The second-order valence-corrected chi connectivity index (χ2v) is 10.9. The molecule has 3 aromatic rings. The fourth-order valence-electron chi connectivity index (χ4n) is 5.95. The number of amides is 2. The number of carbonyl (C=O) groups is 2. The molecule has 4 heterocycles. The van der Waals surface area contributed by atoms with Crippen LogP contribution in [-0.4, -0.2) is 38.2 Å². The molecule has 4 atom stereocenters. The van der Waals surface area contributed by atoms with Crippen molar-refractivity contribution in [1.82, 2.24) is 20.2 Å². The Balaban J connectivity index is 1.54. The summed E-state index contributed by atoms with van der Waals surface area (Å²) in [6.45, 7) is 7.47. The zero-order chi connectivity index (χ0) is 25.6. The van der Waals surface area contributed by atoms with Crippen LogP contribution in [0.1, 0.15) is 57.6 Å². The molecular formula is C27H29N5O4. The Hall–Kier alpha value is -3.56. The number of nitrogens with zero attached hydrogens (tertiary/aromatic N) is 3. The van der Waals surface area contributed by atoms with Crippen molar-refractivity contribution in [3.05, 3.63) is 70.3 Å². The van der Waals surface area contributed by atoms with Crippen LogP contribution >= 0.6 is 0 Å². The summed E-state index contributed by atoms with van der Waals surface area (Å²) in [7, 11) is 0. The number of benzene rings is 2. The SMILES string of the molecule is CC(C)C1NC(=O)C(CC2(O)c3ccccc3N3C(=O)C(C)(C)NC32)n2c1nc1ccccc1c2=O. The summed E-state index contributed by atoms with van der Waals surface area (Å²) in [5.74, 6) is -0.0434. The van der Waals surface area contributed by atoms with Gasteiger partial charge >= 0.3 is 0 Å². The lowest BCUT2D eigenvalue weighted by Crippen LogP contribution is -2.55. The molecule has 1 aromatic heterocycles. The first kappa shape index (κ1) is 22.9. The van der Waals surface area contributed by atoms with Crippen molar-refractivity contribution in [2.75, 3.05) is 4.90 Å². The molecule has 4 unspecified atom stereocenters. The van der Waals surface area contributed by atoms with E-state index in [-0.39, 0.29) is 29.7 Å². The molecule has 1 fully saturated rings. The first-order valence-electron chi connectivity index (χ1n) is 12.3. The standard InChI is InChI=1S/C27H29N5O4/c1-14(2)20-21-28-17-11-7-5-9-15(17)23(34)31(21)19(22(33)29-20)13-27(36)16-10-6-8-12-18(16)32-24(27)30-26(3,4)25(32)35/h5-12,14,19-20,24,30,36H,13H2,1-4H3,(H,29,33). The Morgan fingerprint density at radius 1 is 1.06 bits per heavy atom. The summed E-state index contributed by atoms with van der Waals surface area (Å²) in [4.78, 5) is 47.0. The van der Waals surface area contributed by atoms with E-state index in [0.29, 0.717) is 28.0 Å². The van der Waals surface area contributed by atoms with Crippen LogP contribution < -0.4 is 21.1 Å². The van der Waals surface area contributed by atoms with Gasteiger partial charge in [0.2, 0.25) is 11.8 Å². The lowest BCUT2D eigenvalue weighted by Gasteiger charge is -2.39. The smallest absolute Gasteiger partial charge is 0.262 e. The number of para-hydroxylation sites is 2. The zero-order valence-corrected chi connectivity index (χ0v) is 20.6. The van der Waals surface area contributed by atoms with E-state index < -0.39 is 29.4 Å². The second kappa shape index (κ2) is 7.47. The molecule has 2 aromatic carbocycles. The van der Waals surface area contributed by atoms with Crippen LogP contribution in [0.5, 0.6) is 0 Å². The molecule has 0 aliphatic carbocycles. The topological polar surface area (TPSA) is 117 Å². The largest absolute Gasteiger partial charge is 0.381 e. The maximum Gasteiger partial charge on any atom is 0.262 e. The van der Waals surface area contributed by atoms with E-state index in [2.05, 4.69) is 10.6 Å². The molecule has 0 saturated carbocycles. The van der Waals surface area contributed by atoms with Gasteiger partial charge in [-0.05, 0) is 38.0 Å². The van der Waals surface area contributed by atoms with E-state index in [1.54, 1.807) is 55.1 Å². The van der Waals surface area contributed by atoms with Gasteiger partial charge in [0, 0.05) is 12.0 Å². The highest BCUT2D eigenvalue weighted by Gasteiger charge is 2.61. The molecular weight excluding hydrogens is 458 g/mol. The van der Waals surface area contributed by atoms with Crippen LogP contribution in [0, 0.1) is 5.92 Å². The van der Waals surface area contributed by atoms with Crippen molar-refractivity contribution >= 4 is 28.4 Å². The van der Waals surface area contributed by atoms with Gasteiger partial charge < -0.3 is 10.4 Å². The zero-order valence-electron chi connectivity index (χ0n) is 20.6. The number of rotatable bonds is 3. The maximum absolute atomic E-state index is 13.8. The third-order valence-corrected chi connectivity index (χ3v) is 7.79. The summed E-state index contributed by atoms with van der Waals surface area (Å²) >= 11 is 0. The molecule has 36 heavy (non-hydrogen) atoms. The Kier molecular flexibility index (Phi) is 4.75. The summed E-state index contributed by atoms with van der Waals surface area (Å²) < 4.78 is 1.46. The van der Waals surface area contributed by atoms with Crippen LogP contribution in [0.3, 0.4) is 0 Å². The van der Waals surface area contributed by atoms with E-state index in [1.807, 2.05) is 26.0 Å². The van der Waals surface area contributed by atoms with Crippen molar-refractivity contribution < 1.29 is 14.7 Å². The molecule has 186 valence electrons. The van der Waals surface area contributed by atoms with Gasteiger partial charge in [0.05, 0.1) is 28.2 Å². The Bertz CT molecular complexity index is 1500. The highest BCUT2D eigenvalue weighted by atomic mass is 16.3. The highest BCUT2D eigenvalue weighted by molar-refractivity contribution is 6.05. The number of carbonyl (C=O) groups excluding carboxylic acids is 2. The molecule has 3 N–H and O–H groups in total. The number of hydrogen-bond acceptors (Lipinski definition) is 6. The minimum Gasteiger partial charge on any atom is -0.381 e. The van der Waals surface area contributed by atoms with Crippen LogP contribution in [0.15, 0.2) is 53.3 Å². The minimum absolute atomic E-state index is 0.00471. The minimum atomic E-state index is -1.62. The Labute approximate surface area is 208 Å². The lowest BCUT2D eigenvalue weighted by atomic mass is 9.84. The molecule has 9 nitrogen and oxygen atoms in total. The summed E-state index contributed by atoms with van der Waals surface area (Å²) in [5.41, 5.74) is -1.11. The predicted octanol–water partition coefficient (Wildman–Crippen LogP) is 2.10.